The van der Waals surface area contributed by atoms with E-state index in [1.54, 1.807) is 23.9 Å². The Balaban J connectivity index is 1.69. The largest absolute Gasteiger partial charge is 0.497 e. The Morgan fingerprint density at radius 3 is 2.27 bits per heavy atom. The molecule has 0 fully saturated rings. The molecule has 0 saturated heterocycles. The van der Waals surface area contributed by atoms with Crippen LogP contribution in [0.4, 0.5) is 0 Å². The van der Waals surface area contributed by atoms with E-state index >= 15 is 0 Å². The average Bonchev–Trinajstić information content (AvgIpc) is 3.01. The van der Waals surface area contributed by atoms with Gasteiger partial charge in [-0.05, 0) is 69.9 Å². The zero-order valence-corrected chi connectivity index (χ0v) is 18.7. The number of benzene rings is 2. The predicted molar refractivity (Wildman–Crippen MR) is 120 cm³/mol. The van der Waals surface area contributed by atoms with Crippen molar-refractivity contribution in [2.24, 2.45) is 0 Å². The lowest BCUT2D eigenvalue weighted by molar-refractivity contribution is 0.0942. The van der Waals surface area contributed by atoms with Crippen LogP contribution in [-0.2, 0) is 0 Å². The summed E-state index contributed by atoms with van der Waals surface area (Å²) in [5.41, 5.74) is 4.23. The summed E-state index contributed by atoms with van der Waals surface area (Å²) in [5, 5.41) is 8.14. The van der Waals surface area contributed by atoms with Gasteiger partial charge in [0.2, 0.25) is 0 Å². The van der Waals surface area contributed by atoms with Gasteiger partial charge in [0.25, 0.3) is 5.91 Å². The number of methoxy groups -OCH3 is 1. The first-order valence-corrected chi connectivity index (χ1v) is 10.1. The number of aryl methyl sites for hydroxylation is 1. The summed E-state index contributed by atoms with van der Waals surface area (Å²) in [6, 6.07) is 15.3. The summed E-state index contributed by atoms with van der Waals surface area (Å²) in [4.78, 5) is 14.8. The molecule has 6 nitrogen and oxygen atoms in total. The van der Waals surface area contributed by atoms with Crippen molar-refractivity contribution in [3.05, 3.63) is 76.1 Å². The summed E-state index contributed by atoms with van der Waals surface area (Å²) in [6.45, 7) is 4.29. The lowest BCUT2D eigenvalue weighted by atomic mass is 10.1. The minimum atomic E-state index is -0.117. The Bertz CT molecular complexity index is 1010. The second kappa shape index (κ2) is 9.32. The van der Waals surface area contributed by atoms with Crippen molar-refractivity contribution in [1.29, 1.82) is 0 Å². The molecule has 0 aliphatic carbocycles. The molecule has 3 aromatic rings. The number of hydrogen-bond donors (Lipinski definition) is 1. The van der Waals surface area contributed by atoms with Crippen molar-refractivity contribution in [1.82, 2.24) is 20.0 Å². The Hall–Kier alpha value is -2.83. The molecule has 0 bridgehead atoms. The highest BCUT2D eigenvalue weighted by molar-refractivity contribution is 6.31. The summed E-state index contributed by atoms with van der Waals surface area (Å²) in [5.74, 6) is 0.692. The molecule has 1 heterocycles. The number of carbonyl (C=O) groups excluding carboxylic acids is 1. The van der Waals surface area contributed by atoms with E-state index < -0.39 is 0 Å². The second-order valence-corrected chi connectivity index (χ2v) is 7.78. The van der Waals surface area contributed by atoms with Crippen LogP contribution in [0, 0.1) is 13.8 Å². The third-order valence-electron chi connectivity index (χ3n) is 5.16. The summed E-state index contributed by atoms with van der Waals surface area (Å²) < 4.78 is 7.01. The molecular formula is C23H27ClN4O2. The van der Waals surface area contributed by atoms with Gasteiger partial charge in [0, 0.05) is 12.1 Å². The van der Waals surface area contributed by atoms with E-state index in [1.165, 1.54) is 0 Å². The SMILES string of the molecule is COc1ccc(C(CNC(=O)c2ccc(-n3nc(C)c(Cl)c3C)cc2)N(C)C)cc1. The van der Waals surface area contributed by atoms with E-state index in [0.29, 0.717) is 17.1 Å². The predicted octanol–water partition coefficient (Wildman–Crippen LogP) is 4.18. The molecule has 3 rings (SSSR count). The Morgan fingerprint density at radius 2 is 1.77 bits per heavy atom. The summed E-state index contributed by atoms with van der Waals surface area (Å²) >= 11 is 6.24. The number of likely N-dealkylation sites (N-methyl/N-ethyl adjacent to an activating group) is 1. The zero-order valence-electron chi connectivity index (χ0n) is 17.9. The number of carbonyl (C=O) groups is 1. The van der Waals surface area contributed by atoms with Crippen LogP contribution < -0.4 is 10.1 Å². The standard InChI is InChI=1S/C23H27ClN4O2/c1-15-22(24)16(2)28(26-15)19-10-6-18(7-11-19)23(29)25-14-21(27(3)4)17-8-12-20(30-5)13-9-17/h6-13,21H,14H2,1-5H3,(H,25,29). The van der Waals surface area contributed by atoms with E-state index in [-0.39, 0.29) is 11.9 Å². The first-order valence-electron chi connectivity index (χ1n) is 9.72. The Kier molecular flexibility index (Phi) is 6.80. The van der Waals surface area contributed by atoms with Gasteiger partial charge in [-0.2, -0.15) is 5.10 Å². The molecular weight excluding hydrogens is 400 g/mol. The first kappa shape index (κ1) is 21.9. The topological polar surface area (TPSA) is 59.4 Å². The van der Waals surface area contributed by atoms with Gasteiger partial charge >= 0.3 is 0 Å². The van der Waals surface area contributed by atoms with Crippen LogP contribution in [0.2, 0.25) is 5.02 Å². The number of halogens is 1. The maximum Gasteiger partial charge on any atom is 0.251 e. The molecule has 0 aliphatic heterocycles. The first-order chi connectivity index (χ1) is 14.3. The van der Waals surface area contributed by atoms with E-state index in [2.05, 4.69) is 15.3 Å². The molecule has 0 aliphatic rings. The zero-order chi connectivity index (χ0) is 21.8. The highest BCUT2D eigenvalue weighted by Gasteiger charge is 2.17. The van der Waals surface area contributed by atoms with Crippen LogP contribution in [0.5, 0.6) is 5.75 Å². The smallest absolute Gasteiger partial charge is 0.251 e. The minimum absolute atomic E-state index is 0.0518. The number of rotatable bonds is 7. The normalized spacial score (nSPS) is 12.1. The molecule has 1 atom stereocenters. The van der Waals surface area contributed by atoms with Gasteiger partial charge in [-0.3, -0.25) is 4.79 Å². The van der Waals surface area contributed by atoms with Gasteiger partial charge in [0.1, 0.15) is 5.75 Å². The quantitative estimate of drug-likeness (QED) is 0.615. The average molecular weight is 427 g/mol. The van der Waals surface area contributed by atoms with Crippen molar-refractivity contribution in [3.63, 3.8) is 0 Å². The van der Waals surface area contributed by atoms with E-state index in [9.17, 15) is 4.79 Å². The van der Waals surface area contributed by atoms with Crippen LogP contribution >= 0.6 is 11.6 Å². The third-order valence-corrected chi connectivity index (χ3v) is 5.70. The van der Waals surface area contributed by atoms with Crippen molar-refractivity contribution < 1.29 is 9.53 Å². The molecule has 1 unspecified atom stereocenters. The molecule has 0 saturated carbocycles. The molecule has 7 heteroatoms. The minimum Gasteiger partial charge on any atom is -0.497 e. The number of hydrogen-bond acceptors (Lipinski definition) is 4. The van der Waals surface area contributed by atoms with Crippen LogP contribution in [0.15, 0.2) is 48.5 Å². The summed E-state index contributed by atoms with van der Waals surface area (Å²) in [7, 11) is 5.64. The fraction of sp³-hybridized carbons (Fsp3) is 0.304. The highest BCUT2D eigenvalue weighted by Crippen LogP contribution is 2.23. The number of nitrogens with one attached hydrogen (secondary N) is 1. The summed E-state index contributed by atoms with van der Waals surface area (Å²) in [6.07, 6.45) is 0. The number of ether oxygens (including phenoxy) is 1. The van der Waals surface area contributed by atoms with Gasteiger partial charge in [0.15, 0.2) is 0 Å². The van der Waals surface area contributed by atoms with E-state index in [4.69, 9.17) is 16.3 Å². The van der Waals surface area contributed by atoms with E-state index in [1.807, 2.05) is 64.3 Å². The number of nitrogens with zero attached hydrogens (tertiary/aromatic N) is 3. The monoisotopic (exact) mass is 426 g/mol. The molecule has 30 heavy (non-hydrogen) atoms. The van der Waals surface area contributed by atoms with Crippen molar-refractivity contribution >= 4 is 17.5 Å². The fourth-order valence-corrected chi connectivity index (χ4v) is 3.46. The van der Waals surface area contributed by atoms with Crippen molar-refractivity contribution in [2.45, 2.75) is 19.9 Å². The number of aromatic nitrogens is 2. The lowest BCUT2D eigenvalue weighted by Gasteiger charge is -2.25. The second-order valence-electron chi connectivity index (χ2n) is 7.41. The molecule has 0 spiro atoms. The maximum atomic E-state index is 12.7. The van der Waals surface area contributed by atoms with Crippen molar-refractivity contribution in [2.75, 3.05) is 27.7 Å². The molecule has 158 valence electrons. The lowest BCUT2D eigenvalue weighted by Crippen LogP contribution is -2.34. The number of amides is 1. The molecule has 1 amide bonds. The van der Waals surface area contributed by atoms with Crippen molar-refractivity contribution in [3.8, 4) is 11.4 Å². The fourth-order valence-electron chi connectivity index (χ4n) is 3.35. The molecule has 1 N–H and O–H groups in total. The van der Waals surface area contributed by atoms with E-state index in [0.717, 1.165) is 28.4 Å². The van der Waals surface area contributed by atoms with Crippen LogP contribution in [-0.4, -0.2) is 48.3 Å². The van der Waals surface area contributed by atoms with Crippen LogP contribution in [0.3, 0.4) is 0 Å². The maximum absolute atomic E-state index is 12.7. The van der Waals surface area contributed by atoms with Crippen LogP contribution in [0.1, 0.15) is 33.4 Å². The molecule has 0 radical (unpaired) electrons. The Morgan fingerprint density at radius 1 is 1.13 bits per heavy atom. The highest BCUT2D eigenvalue weighted by atomic mass is 35.5. The third kappa shape index (κ3) is 4.66. The van der Waals surface area contributed by atoms with Gasteiger partial charge in [-0.25, -0.2) is 4.68 Å². The molecule has 2 aromatic carbocycles. The van der Waals surface area contributed by atoms with Gasteiger partial charge in [-0.15, -0.1) is 0 Å². The van der Waals surface area contributed by atoms with Gasteiger partial charge < -0.3 is 15.0 Å². The van der Waals surface area contributed by atoms with Gasteiger partial charge in [-0.1, -0.05) is 23.7 Å². The van der Waals surface area contributed by atoms with Crippen LogP contribution in [0.25, 0.3) is 5.69 Å². The van der Waals surface area contributed by atoms with Gasteiger partial charge in [0.05, 0.1) is 35.2 Å². The molecule has 1 aromatic heterocycles. The Labute approximate surface area is 182 Å².